The van der Waals surface area contributed by atoms with Gasteiger partial charge in [0.15, 0.2) is 0 Å². The lowest BCUT2D eigenvalue weighted by Gasteiger charge is -2.16. The zero-order valence-electron chi connectivity index (χ0n) is 10.4. The molecule has 0 saturated carbocycles. The highest BCUT2D eigenvalue weighted by molar-refractivity contribution is 5.92. The highest BCUT2D eigenvalue weighted by Gasteiger charge is 2.36. The number of hydrogen-bond donors (Lipinski definition) is 0. The highest BCUT2D eigenvalue weighted by atomic mass is 19.4. The SMILES string of the molecule is C/C(=C(\c1ccccc1)C(F)(F)F)c1ccccc1. The van der Waals surface area contributed by atoms with Crippen LogP contribution < -0.4 is 0 Å². The molecule has 0 atom stereocenters. The molecule has 0 aliphatic rings. The maximum atomic E-state index is 13.3. The molecule has 2 aromatic rings. The maximum absolute atomic E-state index is 13.3. The van der Waals surface area contributed by atoms with Crippen LogP contribution in [0, 0.1) is 0 Å². The number of alkyl halides is 3. The van der Waals surface area contributed by atoms with Gasteiger partial charge in [-0.3, -0.25) is 0 Å². The molecule has 98 valence electrons. The first-order valence-electron chi connectivity index (χ1n) is 5.89. The molecule has 0 spiro atoms. The van der Waals surface area contributed by atoms with Crippen molar-refractivity contribution in [1.29, 1.82) is 0 Å². The lowest BCUT2D eigenvalue weighted by Crippen LogP contribution is -2.12. The number of rotatable bonds is 2. The van der Waals surface area contributed by atoms with E-state index in [-0.39, 0.29) is 11.1 Å². The van der Waals surface area contributed by atoms with E-state index in [2.05, 4.69) is 0 Å². The number of benzene rings is 2. The fourth-order valence-corrected chi connectivity index (χ4v) is 2.03. The summed E-state index contributed by atoms with van der Waals surface area (Å²) in [4.78, 5) is 0. The summed E-state index contributed by atoms with van der Waals surface area (Å²) in [6.45, 7) is 1.51. The number of halogens is 3. The molecule has 0 N–H and O–H groups in total. The Morgan fingerprint density at radius 2 is 1.16 bits per heavy atom. The first kappa shape index (κ1) is 13.4. The first-order valence-corrected chi connectivity index (χ1v) is 5.89. The van der Waals surface area contributed by atoms with E-state index < -0.39 is 11.7 Å². The van der Waals surface area contributed by atoms with Gasteiger partial charge < -0.3 is 0 Å². The van der Waals surface area contributed by atoms with Gasteiger partial charge in [0.2, 0.25) is 0 Å². The van der Waals surface area contributed by atoms with Gasteiger partial charge in [0.1, 0.15) is 0 Å². The maximum Gasteiger partial charge on any atom is 0.417 e. The van der Waals surface area contributed by atoms with Gasteiger partial charge in [-0.2, -0.15) is 13.2 Å². The topological polar surface area (TPSA) is 0 Å². The van der Waals surface area contributed by atoms with Crippen LogP contribution in [0.2, 0.25) is 0 Å². The van der Waals surface area contributed by atoms with Gasteiger partial charge in [0.05, 0.1) is 5.57 Å². The monoisotopic (exact) mass is 262 g/mol. The average Bonchev–Trinajstić information content (AvgIpc) is 2.39. The third-order valence-corrected chi connectivity index (χ3v) is 2.93. The quantitative estimate of drug-likeness (QED) is 0.654. The summed E-state index contributed by atoms with van der Waals surface area (Å²) in [5, 5.41) is 0. The molecule has 0 aliphatic heterocycles. The van der Waals surface area contributed by atoms with Crippen molar-refractivity contribution >= 4 is 11.1 Å². The zero-order chi connectivity index (χ0) is 13.9. The Hall–Kier alpha value is -2.03. The third-order valence-electron chi connectivity index (χ3n) is 2.93. The largest absolute Gasteiger partial charge is 0.417 e. The molecule has 2 aromatic carbocycles. The van der Waals surface area contributed by atoms with E-state index in [1.54, 1.807) is 48.5 Å². The molecule has 0 fully saturated rings. The van der Waals surface area contributed by atoms with Crippen molar-refractivity contribution in [2.75, 3.05) is 0 Å². The fraction of sp³-hybridized carbons (Fsp3) is 0.125. The van der Waals surface area contributed by atoms with E-state index in [1.165, 1.54) is 19.1 Å². The molecule has 0 aromatic heterocycles. The Kier molecular flexibility index (Phi) is 3.74. The summed E-state index contributed by atoms with van der Waals surface area (Å²) < 4.78 is 39.9. The molecule has 0 saturated heterocycles. The Balaban J connectivity index is 2.63. The molecule has 19 heavy (non-hydrogen) atoms. The molecular weight excluding hydrogens is 249 g/mol. The molecule has 0 unspecified atom stereocenters. The zero-order valence-corrected chi connectivity index (χ0v) is 10.4. The molecule has 0 nitrogen and oxygen atoms in total. The predicted molar refractivity (Wildman–Crippen MR) is 71.4 cm³/mol. The van der Waals surface area contributed by atoms with Crippen molar-refractivity contribution in [1.82, 2.24) is 0 Å². The van der Waals surface area contributed by atoms with Gasteiger partial charge in [0.25, 0.3) is 0 Å². The van der Waals surface area contributed by atoms with E-state index >= 15 is 0 Å². The third kappa shape index (κ3) is 3.05. The van der Waals surface area contributed by atoms with Crippen LogP contribution >= 0.6 is 0 Å². The average molecular weight is 262 g/mol. The molecule has 0 bridgehead atoms. The van der Waals surface area contributed by atoms with Crippen LogP contribution in [0.15, 0.2) is 60.7 Å². The summed E-state index contributed by atoms with van der Waals surface area (Å²) in [6, 6.07) is 16.5. The van der Waals surface area contributed by atoms with E-state index in [0.29, 0.717) is 5.56 Å². The molecule has 0 heterocycles. The van der Waals surface area contributed by atoms with E-state index in [4.69, 9.17) is 0 Å². The molecule has 0 aliphatic carbocycles. The van der Waals surface area contributed by atoms with Crippen LogP contribution in [0.25, 0.3) is 11.1 Å². The van der Waals surface area contributed by atoms with Crippen LogP contribution in [0.3, 0.4) is 0 Å². The smallest absolute Gasteiger partial charge is 0.166 e. The van der Waals surface area contributed by atoms with Crippen LogP contribution in [0.1, 0.15) is 18.1 Å². The summed E-state index contributed by atoms with van der Waals surface area (Å²) in [5.41, 5.74) is 0.425. The Labute approximate surface area is 110 Å². The van der Waals surface area contributed by atoms with Gasteiger partial charge in [0, 0.05) is 0 Å². The molecule has 2 rings (SSSR count). The van der Waals surface area contributed by atoms with Crippen LogP contribution in [-0.4, -0.2) is 6.18 Å². The number of hydrogen-bond acceptors (Lipinski definition) is 0. The van der Waals surface area contributed by atoms with Crippen LogP contribution in [-0.2, 0) is 0 Å². The van der Waals surface area contributed by atoms with Crippen molar-refractivity contribution in [3.8, 4) is 0 Å². The van der Waals surface area contributed by atoms with Crippen molar-refractivity contribution in [2.24, 2.45) is 0 Å². The Bertz CT molecular complexity index is 566. The molecule has 3 heteroatoms. The molecule has 0 radical (unpaired) electrons. The summed E-state index contributed by atoms with van der Waals surface area (Å²) in [5.74, 6) is 0. The number of allylic oxidation sites excluding steroid dienone is 2. The van der Waals surface area contributed by atoms with Crippen molar-refractivity contribution < 1.29 is 13.2 Å². The van der Waals surface area contributed by atoms with Gasteiger partial charge >= 0.3 is 6.18 Å². The van der Waals surface area contributed by atoms with E-state index in [0.717, 1.165) is 0 Å². The minimum absolute atomic E-state index is 0.191. The Morgan fingerprint density at radius 3 is 1.58 bits per heavy atom. The predicted octanol–water partition coefficient (Wildman–Crippen LogP) is 5.18. The standard InChI is InChI=1S/C16H13F3/c1-12(13-8-4-2-5-9-13)15(16(17,18)19)14-10-6-3-7-11-14/h2-11H,1H3/b15-12-. The molecule has 0 amide bonds. The van der Waals surface area contributed by atoms with Crippen molar-refractivity contribution in [2.45, 2.75) is 13.1 Å². The second kappa shape index (κ2) is 5.31. The van der Waals surface area contributed by atoms with E-state index in [1.807, 2.05) is 0 Å². The minimum Gasteiger partial charge on any atom is -0.166 e. The van der Waals surface area contributed by atoms with Crippen molar-refractivity contribution in [3.05, 3.63) is 71.8 Å². The lowest BCUT2D eigenvalue weighted by atomic mass is 9.95. The van der Waals surface area contributed by atoms with Gasteiger partial charge in [-0.25, -0.2) is 0 Å². The molecular formula is C16H13F3. The second-order valence-electron chi connectivity index (χ2n) is 4.23. The summed E-state index contributed by atoms with van der Waals surface area (Å²) in [6.07, 6.45) is -4.37. The second-order valence-corrected chi connectivity index (χ2v) is 4.23. The van der Waals surface area contributed by atoms with Gasteiger partial charge in [-0.1, -0.05) is 60.7 Å². The fourth-order valence-electron chi connectivity index (χ4n) is 2.03. The summed E-state index contributed by atoms with van der Waals surface area (Å²) in [7, 11) is 0. The normalized spacial score (nSPS) is 13.1. The summed E-state index contributed by atoms with van der Waals surface area (Å²) >= 11 is 0. The highest BCUT2D eigenvalue weighted by Crippen LogP contribution is 2.39. The van der Waals surface area contributed by atoms with Gasteiger partial charge in [-0.05, 0) is 23.6 Å². The van der Waals surface area contributed by atoms with Crippen LogP contribution in [0.4, 0.5) is 13.2 Å². The van der Waals surface area contributed by atoms with E-state index in [9.17, 15) is 13.2 Å². The van der Waals surface area contributed by atoms with Crippen molar-refractivity contribution in [3.63, 3.8) is 0 Å². The first-order chi connectivity index (χ1) is 9.00. The minimum atomic E-state index is -4.37. The van der Waals surface area contributed by atoms with Gasteiger partial charge in [-0.15, -0.1) is 0 Å². The Morgan fingerprint density at radius 1 is 0.737 bits per heavy atom. The van der Waals surface area contributed by atoms with Crippen LogP contribution in [0.5, 0.6) is 0 Å². The lowest BCUT2D eigenvalue weighted by molar-refractivity contribution is -0.0685.